The van der Waals surface area contributed by atoms with Crippen molar-refractivity contribution in [2.45, 2.75) is 116 Å². The second kappa shape index (κ2) is 35.1. The van der Waals surface area contributed by atoms with Crippen LogP contribution >= 0.6 is 0 Å². The van der Waals surface area contributed by atoms with E-state index in [2.05, 4.69) is 26.6 Å². The van der Waals surface area contributed by atoms with Crippen molar-refractivity contribution >= 4 is 48.2 Å². The van der Waals surface area contributed by atoms with E-state index in [1.165, 1.54) is 9.80 Å². The monoisotopic (exact) mass is 1080 g/mol. The Morgan fingerprint density at radius 2 is 0.833 bits per heavy atom. The molecule has 0 aliphatic heterocycles. The van der Waals surface area contributed by atoms with Crippen LogP contribution in [0, 0.1) is 0 Å². The summed E-state index contributed by atoms with van der Waals surface area (Å²) < 4.78 is 27.3. The van der Waals surface area contributed by atoms with E-state index in [9.17, 15) is 38.4 Å². The molecular weight excluding hydrogens is 1000 g/mol. The van der Waals surface area contributed by atoms with Gasteiger partial charge in [0.2, 0.25) is 17.7 Å². The second-order valence-electron chi connectivity index (χ2n) is 19.2. The first-order valence-corrected chi connectivity index (χ1v) is 26.2. The molecule has 21 heteroatoms. The van der Waals surface area contributed by atoms with Crippen LogP contribution < -0.4 is 32.3 Å². The molecule has 2 atom stereocenters. The summed E-state index contributed by atoms with van der Waals surface area (Å²) in [5, 5.41) is 13.4. The van der Waals surface area contributed by atoms with Crippen LogP contribution in [0.2, 0.25) is 0 Å². The van der Waals surface area contributed by atoms with Gasteiger partial charge in [-0.05, 0) is 88.0 Å². The molecule has 0 heterocycles. The van der Waals surface area contributed by atoms with E-state index >= 15 is 0 Å². The number of hydrogen-bond acceptors (Lipinski definition) is 13. The molecule has 4 aromatic carbocycles. The van der Waals surface area contributed by atoms with Gasteiger partial charge in [-0.2, -0.15) is 0 Å². The Kier molecular flexibility index (Phi) is 28.0. The molecule has 422 valence electrons. The smallest absolute Gasteiger partial charge is 0.410 e. The van der Waals surface area contributed by atoms with Crippen LogP contribution in [0.5, 0.6) is 0 Å². The van der Waals surface area contributed by atoms with Crippen LogP contribution in [-0.2, 0) is 64.5 Å². The maximum absolute atomic E-state index is 13.7. The lowest BCUT2D eigenvalue weighted by atomic mass is 10.1. The maximum Gasteiger partial charge on any atom is 0.410 e. The summed E-state index contributed by atoms with van der Waals surface area (Å²) in [7, 11) is 0. The average molecular weight is 1080 g/mol. The molecule has 4 rings (SSSR count). The number of alkyl carbamates (subject to hydrolysis) is 3. The Morgan fingerprint density at radius 3 is 1.31 bits per heavy atom. The first-order chi connectivity index (χ1) is 37.5. The Balaban J connectivity index is 1.35. The van der Waals surface area contributed by atoms with Crippen molar-refractivity contribution in [3.05, 3.63) is 144 Å². The van der Waals surface area contributed by atoms with Crippen LogP contribution in [0.1, 0.15) is 94.4 Å². The van der Waals surface area contributed by atoms with Gasteiger partial charge in [0, 0.05) is 45.8 Å². The fourth-order valence-electron chi connectivity index (χ4n) is 7.50. The van der Waals surface area contributed by atoms with Crippen LogP contribution in [0.25, 0.3) is 0 Å². The third-order valence-electron chi connectivity index (χ3n) is 11.5. The summed E-state index contributed by atoms with van der Waals surface area (Å²) >= 11 is 0. The maximum atomic E-state index is 13.7. The number of amides is 8. The SMILES string of the molecule is CC(C)(C)OC(=O)N[C@@H](CC(N)=O)C(=O)NCCCCN(CCCN(CCCNC(=O)[C@H](CCCCNC(=O)OCc1ccccc1)NC(=O)OCc1ccccc1)C(=O)OCc1ccccc1)C(=O)OCc1ccccc1. The minimum absolute atomic E-state index is 0.00231. The number of ether oxygens (including phenoxy) is 5. The molecule has 0 saturated carbocycles. The highest BCUT2D eigenvalue weighted by atomic mass is 16.6. The van der Waals surface area contributed by atoms with Crippen molar-refractivity contribution in [3.8, 4) is 0 Å². The van der Waals surface area contributed by atoms with Crippen molar-refractivity contribution in [2.75, 3.05) is 45.8 Å². The average Bonchev–Trinajstić information content (AvgIpc) is 3.42. The number of nitrogens with two attached hydrogens (primary N) is 1. The van der Waals surface area contributed by atoms with Crippen LogP contribution in [0.4, 0.5) is 24.0 Å². The van der Waals surface area contributed by atoms with E-state index in [0.29, 0.717) is 38.5 Å². The second-order valence-corrected chi connectivity index (χ2v) is 19.2. The standard InChI is InChI=1S/C57H76N8O13/c1-57(2,3)78-54(71)63-48(38-49(58)66)51(68)59-31-18-19-34-64(55(72)76-41-45-26-12-6-13-27-45)36-21-37-65(56(73)77-42-46-28-14-7-15-29-46)35-20-33-60-50(67)47(62-53(70)75-40-44-24-10-5-11-25-44)30-16-17-32-61-52(69)74-39-43-22-8-4-9-23-43/h4-15,22-29,47-48H,16-21,30-42H2,1-3H3,(H2,58,66)(H,59,68)(H,60,67)(H,61,69)(H,62,70)(H,63,71)/t47-,48-/m0/s1. The number of unbranched alkanes of at least 4 members (excludes halogenated alkanes) is 2. The molecule has 0 aliphatic carbocycles. The fourth-order valence-corrected chi connectivity index (χ4v) is 7.50. The number of nitrogens with zero attached hydrogens (tertiary/aromatic N) is 2. The van der Waals surface area contributed by atoms with Gasteiger partial charge in [0.1, 0.15) is 44.1 Å². The van der Waals surface area contributed by atoms with Crippen molar-refractivity contribution in [3.63, 3.8) is 0 Å². The highest BCUT2D eigenvalue weighted by Gasteiger charge is 2.27. The van der Waals surface area contributed by atoms with Gasteiger partial charge in [-0.3, -0.25) is 14.4 Å². The summed E-state index contributed by atoms with van der Waals surface area (Å²) in [4.78, 5) is 106. The Bertz CT molecular complexity index is 2450. The lowest BCUT2D eigenvalue weighted by Crippen LogP contribution is -2.50. The molecule has 0 radical (unpaired) electrons. The van der Waals surface area contributed by atoms with Gasteiger partial charge < -0.3 is 65.8 Å². The summed E-state index contributed by atoms with van der Waals surface area (Å²) in [6.45, 7) is 6.42. The zero-order valence-electron chi connectivity index (χ0n) is 44.9. The van der Waals surface area contributed by atoms with Gasteiger partial charge >= 0.3 is 30.5 Å². The van der Waals surface area contributed by atoms with Gasteiger partial charge in [0.05, 0.1) is 6.42 Å². The van der Waals surface area contributed by atoms with Crippen molar-refractivity contribution in [1.82, 2.24) is 36.4 Å². The number of carbonyl (C=O) groups is 8. The van der Waals surface area contributed by atoms with E-state index in [4.69, 9.17) is 29.4 Å². The van der Waals surface area contributed by atoms with Gasteiger partial charge in [-0.25, -0.2) is 24.0 Å². The van der Waals surface area contributed by atoms with Gasteiger partial charge in [-0.15, -0.1) is 0 Å². The molecule has 21 nitrogen and oxygen atoms in total. The molecule has 0 aromatic heterocycles. The lowest BCUT2D eigenvalue weighted by Gasteiger charge is -2.26. The van der Waals surface area contributed by atoms with Gasteiger partial charge in [-0.1, -0.05) is 121 Å². The molecule has 0 bridgehead atoms. The fraction of sp³-hybridized carbons (Fsp3) is 0.439. The van der Waals surface area contributed by atoms with Crippen molar-refractivity contribution < 1.29 is 62.0 Å². The van der Waals surface area contributed by atoms with Crippen LogP contribution in [-0.4, -0.2) is 121 Å². The predicted octanol–water partition coefficient (Wildman–Crippen LogP) is 7.22. The molecular formula is C57H76N8O13. The zero-order valence-corrected chi connectivity index (χ0v) is 44.9. The number of hydrogen-bond donors (Lipinski definition) is 6. The molecule has 78 heavy (non-hydrogen) atoms. The number of nitrogens with one attached hydrogen (secondary N) is 5. The quantitative estimate of drug-likeness (QED) is 0.0209. The number of carbonyl (C=O) groups excluding carboxylic acids is 8. The van der Waals surface area contributed by atoms with Crippen LogP contribution in [0.15, 0.2) is 121 Å². The summed E-state index contributed by atoms with van der Waals surface area (Å²) in [6.07, 6.45) is -1.25. The normalized spacial score (nSPS) is 11.6. The van der Waals surface area contributed by atoms with E-state index in [0.717, 1.165) is 22.3 Å². The predicted molar refractivity (Wildman–Crippen MR) is 290 cm³/mol. The number of primary amides is 1. The number of benzene rings is 4. The molecule has 0 fully saturated rings. The Morgan fingerprint density at radius 1 is 0.449 bits per heavy atom. The van der Waals surface area contributed by atoms with E-state index in [1.807, 2.05) is 121 Å². The molecule has 0 saturated heterocycles. The summed E-state index contributed by atoms with van der Waals surface area (Å²) in [6, 6.07) is 34.5. The Hall–Kier alpha value is -8.36. The first kappa shape index (κ1) is 62.2. The Labute approximate surface area is 456 Å². The van der Waals surface area contributed by atoms with Gasteiger partial charge in [0.15, 0.2) is 0 Å². The number of rotatable bonds is 32. The highest BCUT2D eigenvalue weighted by molar-refractivity contribution is 5.90. The third kappa shape index (κ3) is 26.9. The van der Waals surface area contributed by atoms with E-state index in [-0.39, 0.29) is 78.7 Å². The highest BCUT2D eigenvalue weighted by Crippen LogP contribution is 2.12. The summed E-state index contributed by atoms with van der Waals surface area (Å²) in [5.41, 5.74) is 7.69. The minimum Gasteiger partial charge on any atom is -0.445 e. The van der Waals surface area contributed by atoms with E-state index in [1.54, 1.807) is 20.8 Å². The molecule has 0 spiro atoms. The van der Waals surface area contributed by atoms with Crippen LogP contribution in [0.3, 0.4) is 0 Å². The molecule has 0 unspecified atom stereocenters. The zero-order chi connectivity index (χ0) is 56.4. The largest absolute Gasteiger partial charge is 0.445 e. The molecule has 8 amide bonds. The minimum atomic E-state index is -1.26. The van der Waals surface area contributed by atoms with E-state index < -0.39 is 72.3 Å². The van der Waals surface area contributed by atoms with Crippen molar-refractivity contribution in [2.24, 2.45) is 5.73 Å². The third-order valence-corrected chi connectivity index (χ3v) is 11.5. The topological polar surface area (TPSA) is 275 Å². The summed E-state index contributed by atoms with van der Waals surface area (Å²) in [5.74, 6) is -1.89. The molecule has 7 N–H and O–H groups in total. The van der Waals surface area contributed by atoms with Gasteiger partial charge in [0.25, 0.3) is 0 Å². The molecule has 4 aromatic rings. The van der Waals surface area contributed by atoms with Crippen molar-refractivity contribution in [1.29, 1.82) is 0 Å². The lowest BCUT2D eigenvalue weighted by molar-refractivity contribution is -0.127. The molecule has 0 aliphatic rings. The first-order valence-electron chi connectivity index (χ1n) is 26.2.